The average Bonchev–Trinajstić information content (AvgIpc) is 2.69. The summed E-state index contributed by atoms with van der Waals surface area (Å²) in [6.45, 7) is 2.35. The first-order valence-electron chi connectivity index (χ1n) is 8.52. The number of hydrogen-bond acceptors (Lipinski definition) is 3. The van der Waals surface area contributed by atoms with E-state index < -0.39 is 0 Å². The molecule has 0 amide bonds. The van der Waals surface area contributed by atoms with Gasteiger partial charge in [0.15, 0.2) is 5.76 Å². The van der Waals surface area contributed by atoms with Crippen LogP contribution in [0.5, 0.6) is 5.75 Å². The van der Waals surface area contributed by atoms with Crippen LogP contribution in [0.2, 0.25) is 0 Å². The summed E-state index contributed by atoms with van der Waals surface area (Å²) in [5.74, 6) is 0.705. The largest absolute Gasteiger partial charge is 0.481 e. The molecule has 0 spiro atoms. The zero-order chi connectivity index (χ0) is 17.9. The second-order valence-electron chi connectivity index (χ2n) is 6.23. The van der Waals surface area contributed by atoms with Crippen molar-refractivity contribution in [1.82, 2.24) is 0 Å². The fraction of sp³-hybridized carbons (Fsp3) is 0.0870. The zero-order valence-corrected chi connectivity index (χ0v) is 14.4. The maximum atomic E-state index is 13.0. The molecular weight excluding hydrogens is 324 g/mol. The molecule has 1 aromatic heterocycles. The molecule has 3 nitrogen and oxygen atoms in total. The molecule has 0 N–H and O–H groups in total. The SMILES string of the molecule is Cc1ccc(COc2c(-c3ccccc3)oc3ccccc3c2=O)cc1. The van der Waals surface area contributed by atoms with Gasteiger partial charge in [0.25, 0.3) is 0 Å². The molecule has 0 saturated carbocycles. The first-order valence-corrected chi connectivity index (χ1v) is 8.52. The molecule has 0 radical (unpaired) electrons. The van der Waals surface area contributed by atoms with Crippen LogP contribution in [0.1, 0.15) is 11.1 Å². The van der Waals surface area contributed by atoms with Crippen molar-refractivity contribution < 1.29 is 9.15 Å². The Morgan fingerprint density at radius 3 is 2.31 bits per heavy atom. The van der Waals surface area contributed by atoms with Gasteiger partial charge in [-0.3, -0.25) is 4.79 Å². The van der Waals surface area contributed by atoms with E-state index >= 15 is 0 Å². The van der Waals surface area contributed by atoms with Gasteiger partial charge in [-0.05, 0) is 24.6 Å². The van der Waals surface area contributed by atoms with Crippen LogP contribution in [0, 0.1) is 6.92 Å². The maximum Gasteiger partial charge on any atom is 0.235 e. The third-order valence-electron chi connectivity index (χ3n) is 4.30. The summed E-state index contributed by atoms with van der Waals surface area (Å²) in [5.41, 5.74) is 3.40. The van der Waals surface area contributed by atoms with Crippen molar-refractivity contribution in [2.24, 2.45) is 0 Å². The van der Waals surface area contributed by atoms with Gasteiger partial charge in [0.2, 0.25) is 11.2 Å². The minimum absolute atomic E-state index is 0.155. The Hall–Kier alpha value is -3.33. The van der Waals surface area contributed by atoms with Crippen LogP contribution in [0.15, 0.2) is 88.1 Å². The van der Waals surface area contributed by atoms with Crippen molar-refractivity contribution in [3.8, 4) is 17.1 Å². The van der Waals surface area contributed by atoms with Gasteiger partial charge >= 0.3 is 0 Å². The van der Waals surface area contributed by atoms with Crippen LogP contribution in [0.25, 0.3) is 22.3 Å². The first-order chi connectivity index (χ1) is 12.7. The second-order valence-corrected chi connectivity index (χ2v) is 6.23. The number of hydrogen-bond donors (Lipinski definition) is 0. The second kappa shape index (κ2) is 6.89. The number of aryl methyl sites for hydroxylation is 1. The van der Waals surface area contributed by atoms with Crippen molar-refractivity contribution in [2.45, 2.75) is 13.5 Å². The quantitative estimate of drug-likeness (QED) is 0.502. The van der Waals surface area contributed by atoms with E-state index in [1.165, 1.54) is 5.56 Å². The number of fused-ring (bicyclic) bond motifs is 1. The highest BCUT2D eigenvalue weighted by molar-refractivity contribution is 5.81. The molecule has 1 heterocycles. The normalized spacial score (nSPS) is 10.8. The minimum atomic E-state index is -0.155. The molecule has 26 heavy (non-hydrogen) atoms. The van der Waals surface area contributed by atoms with E-state index in [1.807, 2.05) is 73.7 Å². The summed E-state index contributed by atoms with van der Waals surface area (Å²) in [6.07, 6.45) is 0. The third kappa shape index (κ3) is 3.11. The lowest BCUT2D eigenvalue weighted by molar-refractivity contribution is 0.298. The van der Waals surface area contributed by atoms with Gasteiger partial charge in [-0.25, -0.2) is 0 Å². The van der Waals surface area contributed by atoms with E-state index in [-0.39, 0.29) is 11.2 Å². The van der Waals surface area contributed by atoms with Crippen LogP contribution >= 0.6 is 0 Å². The fourth-order valence-electron chi connectivity index (χ4n) is 2.88. The van der Waals surface area contributed by atoms with E-state index in [1.54, 1.807) is 12.1 Å². The summed E-state index contributed by atoms with van der Waals surface area (Å²) in [4.78, 5) is 13.0. The lowest BCUT2D eigenvalue weighted by atomic mass is 10.1. The molecule has 0 bridgehead atoms. The fourth-order valence-corrected chi connectivity index (χ4v) is 2.88. The Morgan fingerprint density at radius 2 is 1.54 bits per heavy atom. The Morgan fingerprint density at radius 1 is 0.846 bits per heavy atom. The smallest absolute Gasteiger partial charge is 0.235 e. The molecule has 0 saturated heterocycles. The Bertz CT molecular complexity index is 1090. The molecule has 0 atom stereocenters. The minimum Gasteiger partial charge on any atom is -0.481 e. The van der Waals surface area contributed by atoms with Crippen LogP contribution in [0.4, 0.5) is 0 Å². The molecule has 128 valence electrons. The maximum absolute atomic E-state index is 13.0. The first kappa shape index (κ1) is 16.2. The van der Waals surface area contributed by atoms with Crippen LogP contribution in [0.3, 0.4) is 0 Å². The molecule has 0 aliphatic heterocycles. The van der Waals surface area contributed by atoms with Gasteiger partial charge < -0.3 is 9.15 Å². The molecule has 4 aromatic rings. The monoisotopic (exact) mass is 342 g/mol. The molecule has 0 fully saturated rings. The van der Waals surface area contributed by atoms with Gasteiger partial charge in [-0.2, -0.15) is 0 Å². The molecule has 3 aromatic carbocycles. The van der Waals surface area contributed by atoms with Crippen molar-refractivity contribution in [2.75, 3.05) is 0 Å². The summed E-state index contributed by atoms with van der Waals surface area (Å²) in [7, 11) is 0. The molecule has 0 aliphatic rings. The van der Waals surface area contributed by atoms with Gasteiger partial charge in [0, 0.05) is 5.56 Å². The molecule has 0 unspecified atom stereocenters. The predicted molar refractivity (Wildman–Crippen MR) is 103 cm³/mol. The van der Waals surface area contributed by atoms with Gasteiger partial charge in [-0.15, -0.1) is 0 Å². The highest BCUT2D eigenvalue weighted by Crippen LogP contribution is 2.31. The Kier molecular flexibility index (Phi) is 4.28. The van der Waals surface area contributed by atoms with Gasteiger partial charge in [0.1, 0.15) is 12.2 Å². The molecule has 4 rings (SSSR count). The molecule has 3 heteroatoms. The van der Waals surface area contributed by atoms with E-state index in [0.29, 0.717) is 23.3 Å². The number of benzene rings is 3. The van der Waals surface area contributed by atoms with Crippen molar-refractivity contribution in [3.05, 3.63) is 100 Å². The van der Waals surface area contributed by atoms with E-state index in [9.17, 15) is 4.79 Å². The van der Waals surface area contributed by atoms with Gasteiger partial charge in [-0.1, -0.05) is 72.3 Å². The van der Waals surface area contributed by atoms with Crippen molar-refractivity contribution in [3.63, 3.8) is 0 Å². The average molecular weight is 342 g/mol. The highest BCUT2D eigenvalue weighted by Gasteiger charge is 2.17. The highest BCUT2D eigenvalue weighted by atomic mass is 16.5. The standard InChI is InChI=1S/C23H18O3/c1-16-11-13-17(14-12-16)15-25-23-21(24)19-9-5-6-10-20(19)26-22(23)18-7-3-2-4-8-18/h2-14H,15H2,1H3. The molecule has 0 aliphatic carbocycles. The number of rotatable bonds is 4. The van der Waals surface area contributed by atoms with E-state index in [0.717, 1.165) is 11.1 Å². The Labute approximate surface area is 151 Å². The van der Waals surface area contributed by atoms with Crippen LogP contribution < -0.4 is 10.2 Å². The summed E-state index contributed by atoms with van der Waals surface area (Å²) in [6, 6.07) is 24.9. The van der Waals surface area contributed by atoms with Crippen LogP contribution in [-0.4, -0.2) is 0 Å². The van der Waals surface area contributed by atoms with Crippen molar-refractivity contribution >= 4 is 11.0 Å². The lowest BCUT2D eigenvalue weighted by Gasteiger charge is -2.12. The number of para-hydroxylation sites is 1. The lowest BCUT2D eigenvalue weighted by Crippen LogP contribution is -2.10. The van der Waals surface area contributed by atoms with Crippen LogP contribution in [-0.2, 0) is 6.61 Å². The van der Waals surface area contributed by atoms with E-state index in [2.05, 4.69) is 0 Å². The summed E-state index contributed by atoms with van der Waals surface area (Å²) >= 11 is 0. The zero-order valence-electron chi connectivity index (χ0n) is 14.4. The summed E-state index contributed by atoms with van der Waals surface area (Å²) < 4.78 is 12.0. The molecular formula is C23H18O3. The summed E-state index contributed by atoms with van der Waals surface area (Å²) in [5, 5.41) is 0.520. The van der Waals surface area contributed by atoms with E-state index in [4.69, 9.17) is 9.15 Å². The topological polar surface area (TPSA) is 39.4 Å². The number of ether oxygens (including phenoxy) is 1. The Balaban J connectivity index is 1.81. The third-order valence-corrected chi connectivity index (χ3v) is 4.30. The van der Waals surface area contributed by atoms with Crippen molar-refractivity contribution in [1.29, 1.82) is 0 Å². The van der Waals surface area contributed by atoms with Gasteiger partial charge in [0.05, 0.1) is 5.39 Å². The predicted octanol–water partition coefficient (Wildman–Crippen LogP) is 5.35.